The summed E-state index contributed by atoms with van der Waals surface area (Å²) in [6.07, 6.45) is 3.91. The van der Waals surface area contributed by atoms with Gasteiger partial charge in [-0.15, -0.1) is 12.4 Å². The minimum Gasteiger partial charge on any atom is -0.484 e. The third-order valence-corrected chi connectivity index (χ3v) is 4.37. The minimum atomic E-state index is -0.478. The Labute approximate surface area is 149 Å². The molecular weight excluding hydrogens is 346 g/mol. The van der Waals surface area contributed by atoms with E-state index in [1.165, 1.54) is 6.07 Å². The van der Waals surface area contributed by atoms with E-state index in [1.807, 2.05) is 6.07 Å². The smallest absolute Gasteiger partial charge is 0.336 e. The second kappa shape index (κ2) is 6.85. The summed E-state index contributed by atoms with van der Waals surface area (Å²) in [4.78, 5) is 15.6. The monoisotopic (exact) mass is 363 g/mol. The largest absolute Gasteiger partial charge is 0.484 e. The second-order valence-electron chi connectivity index (χ2n) is 6.12. The summed E-state index contributed by atoms with van der Waals surface area (Å²) >= 11 is 0. The molecule has 1 saturated carbocycles. The highest BCUT2D eigenvalue weighted by molar-refractivity contribution is 5.85. The molecule has 1 aliphatic rings. The highest BCUT2D eigenvalue weighted by Crippen LogP contribution is 2.34. The molecule has 0 radical (unpaired) electrons. The Bertz CT molecular complexity index is 931. The highest BCUT2D eigenvalue weighted by atomic mass is 35.5. The summed E-state index contributed by atoms with van der Waals surface area (Å²) in [5.41, 5.74) is 5.90. The molecule has 25 heavy (non-hydrogen) atoms. The molecule has 7 nitrogen and oxygen atoms in total. The maximum absolute atomic E-state index is 11.3. The van der Waals surface area contributed by atoms with Crippen molar-refractivity contribution in [2.24, 2.45) is 5.73 Å². The number of hydrogen-bond donors (Lipinski definition) is 1. The summed E-state index contributed by atoms with van der Waals surface area (Å²) in [5, 5.41) is 4.82. The van der Waals surface area contributed by atoms with Gasteiger partial charge in [-0.05, 0) is 31.0 Å². The number of nitrogens with zero attached hydrogens (tertiary/aromatic N) is 2. The van der Waals surface area contributed by atoms with Gasteiger partial charge in [0, 0.05) is 17.5 Å². The molecule has 0 atom stereocenters. The van der Waals surface area contributed by atoms with E-state index >= 15 is 0 Å². The van der Waals surface area contributed by atoms with Gasteiger partial charge in [-0.1, -0.05) is 18.0 Å². The fraction of sp³-hybridized carbons (Fsp3) is 0.353. The number of aromatic nitrogens is 2. The summed E-state index contributed by atoms with van der Waals surface area (Å²) < 4.78 is 16.0. The number of nitrogens with two attached hydrogens (primary N) is 1. The molecule has 0 unspecified atom stereocenters. The van der Waals surface area contributed by atoms with Crippen LogP contribution in [0.2, 0.25) is 0 Å². The maximum Gasteiger partial charge on any atom is 0.336 e. The lowest BCUT2D eigenvalue weighted by molar-refractivity contribution is 0.241. The van der Waals surface area contributed by atoms with Gasteiger partial charge < -0.3 is 19.4 Å². The lowest BCUT2D eigenvalue weighted by Gasteiger charge is -2.17. The van der Waals surface area contributed by atoms with Crippen LogP contribution in [0.4, 0.5) is 0 Å². The van der Waals surface area contributed by atoms with Gasteiger partial charge in [0.05, 0.1) is 5.54 Å². The van der Waals surface area contributed by atoms with Gasteiger partial charge in [-0.25, -0.2) is 4.79 Å². The van der Waals surface area contributed by atoms with Gasteiger partial charge in [-0.2, -0.15) is 4.98 Å². The van der Waals surface area contributed by atoms with Crippen LogP contribution in [0.1, 0.15) is 37.4 Å². The summed E-state index contributed by atoms with van der Waals surface area (Å²) in [5.74, 6) is 1.47. The van der Waals surface area contributed by atoms with Gasteiger partial charge in [0.25, 0.3) is 5.89 Å². The molecule has 0 bridgehead atoms. The molecule has 2 heterocycles. The van der Waals surface area contributed by atoms with Crippen molar-refractivity contribution >= 4 is 23.4 Å². The van der Waals surface area contributed by atoms with Crippen LogP contribution >= 0.6 is 12.4 Å². The number of ether oxygens (including phenoxy) is 1. The van der Waals surface area contributed by atoms with Crippen molar-refractivity contribution in [2.75, 3.05) is 0 Å². The van der Waals surface area contributed by atoms with Gasteiger partial charge in [0.15, 0.2) is 12.4 Å². The highest BCUT2D eigenvalue weighted by Gasteiger charge is 2.35. The van der Waals surface area contributed by atoms with Gasteiger partial charge in [0.1, 0.15) is 11.3 Å². The van der Waals surface area contributed by atoms with Crippen LogP contribution < -0.4 is 16.1 Å². The summed E-state index contributed by atoms with van der Waals surface area (Å²) in [7, 11) is 0. The van der Waals surface area contributed by atoms with Gasteiger partial charge in [-0.3, -0.25) is 0 Å². The summed E-state index contributed by atoms with van der Waals surface area (Å²) in [6.45, 7) is 0.131. The Balaban J connectivity index is 0.00000182. The molecule has 132 valence electrons. The van der Waals surface area contributed by atoms with Crippen LogP contribution in [0.3, 0.4) is 0 Å². The van der Waals surface area contributed by atoms with Crippen molar-refractivity contribution in [3.05, 3.63) is 52.5 Å². The van der Waals surface area contributed by atoms with Crippen LogP contribution in [0.25, 0.3) is 11.0 Å². The zero-order chi connectivity index (χ0) is 16.6. The van der Waals surface area contributed by atoms with Crippen molar-refractivity contribution in [3.63, 3.8) is 0 Å². The number of rotatable bonds is 4. The Morgan fingerprint density at radius 1 is 1.20 bits per heavy atom. The molecule has 0 spiro atoms. The fourth-order valence-corrected chi connectivity index (χ4v) is 3.02. The van der Waals surface area contributed by atoms with Crippen LogP contribution in [-0.2, 0) is 12.1 Å². The van der Waals surface area contributed by atoms with E-state index in [0.717, 1.165) is 31.1 Å². The number of halogens is 1. The molecule has 4 rings (SSSR count). The molecule has 1 aliphatic carbocycles. The predicted molar refractivity (Wildman–Crippen MR) is 92.7 cm³/mol. The van der Waals surface area contributed by atoms with Crippen molar-refractivity contribution in [1.29, 1.82) is 0 Å². The fourth-order valence-electron chi connectivity index (χ4n) is 3.02. The third kappa shape index (κ3) is 3.52. The molecule has 1 fully saturated rings. The van der Waals surface area contributed by atoms with Crippen molar-refractivity contribution in [3.8, 4) is 5.75 Å². The first-order chi connectivity index (χ1) is 11.6. The molecule has 2 N–H and O–H groups in total. The zero-order valence-corrected chi connectivity index (χ0v) is 14.3. The first-order valence-corrected chi connectivity index (χ1v) is 7.91. The van der Waals surface area contributed by atoms with Crippen LogP contribution in [0.5, 0.6) is 5.75 Å². The zero-order valence-electron chi connectivity index (χ0n) is 13.4. The van der Waals surface area contributed by atoms with E-state index in [-0.39, 0.29) is 19.0 Å². The van der Waals surface area contributed by atoms with Gasteiger partial charge in [0.2, 0.25) is 0 Å². The summed E-state index contributed by atoms with van der Waals surface area (Å²) in [6, 6.07) is 8.36. The van der Waals surface area contributed by atoms with Crippen molar-refractivity contribution < 1.29 is 13.7 Å². The lowest BCUT2D eigenvalue weighted by Crippen LogP contribution is -2.34. The second-order valence-corrected chi connectivity index (χ2v) is 6.12. The normalized spacial score (nSPS) is 15.9. The molecule has 8 heteroatoms. The standard InChI is InChI=1S/C17H17N3O4.ClH/c18-17(7-1-2-8-17)16-19-14(24-20-16)10-22-12-5-3-11-4-6-15(21)23-13(11)9-12;/h3-6,9H,1-2,7-8,10,18H2;1H. The van der Waals surface area contributed by atoms with E-state index < -0.39 is 11.2 Å². The Morgan fingerprint density at radius 2 is 1.96 bits per heavy atom. The Hall–Kier alpha value is -2.38. The van der Waals surface area contributed by atoms with E-state index in [9.17, 15) is 4.79 Å². The molecule has 3 aromatic rings. The maximum atomic E-state index is 11.3. The van der Waals surface area contributed by atoms with E-state index in [0.29, 0.717) is 23.0 Å². The average Bonchev–Trinajstić information content (AvgIpc) is 3.22. The predicted octanol–water partition coefficient (Wildman–Crippen LogP) is 2.90. The average molecular weight is 364 g/mol. The molecule has 2 aromatic heterocycles. The Morgan fingerprint density at radius 3 is 2.76 bits per heavy atom. The van der Waals surface area contributed by atoms with Gasteiger partial charge >= 0.3 is 5.63 Å². The SMILES string of the molecule is Cl.NC1(c2noc(COc3ccc4ccc(=O)oc4c3)n2)CCCC1. The lowest BCUT2D eigenvalue weighted by atomic mass is 9.99. The molecule has 0 amide bonds. The van der Waals surface area contributed by atoms with Crippen LogP contribution in [0.15, 0.2) is 44.1 Å². The molecule has 0 saturated heterocycles. The van der Waals surface area contributed by atoms with E-state index in [1.54, 1.807) is 18.2 Å². The van der Waals surface area contributed by atoms with Crippen molar-refractivity contribution in [1.82, 2.24) is 10.1 Å². The molecule has 0 aliphatic heterocycles. The topological polar surface area (TPSA) is 104 Å². The number of fused-ring (bicyclic) bond motifs is 1. The first-order valence-electron chi connectivity index (χ1n) is 7.91. The van der Waals surface area contributed by atoms with Crippen LogP contribution in [0, 0.1) is 0 Å². The minimum absolute atomic E-state index is 0. The Kier molecular flexibility index (Phi) is 4.78. The van der Waals surface area contributed by atoms with Crippen LogP contribution in [-0.4, -0.2) is 10.1 Å². The van der Waals surface area contributed by atoms with E-state index in [2.05, 4.69) is 10.1 Å². The quantitative estimate of drug-likeness (QED) is 0.710. The molecule has 1 aromatic carbocycles. The third-order valence-electron chi connectivity index (χ3n) is 4.37. The number of hydrogen-bond acceptors (Lipinski definition) is 7. The van der Waals surface area contributed by atoms with E-state index in [4.69, 9.17) is 19.4 Å². The first kappa shape index (κ1) is 17.4. The molecular formula is C17H18ClN3O4. The number of benzene rings is 1. The van der Waals surface area contributed by atoms with Crippen molar-refractivity contribution in [2.45, 2.75) is 37.8 Å².